The van der Waals surface area contributed by atoms with Gasteiger partial charge < -0.3 is 19.5 Å². The van der Waals surface area contributed by atoms with Gasteiger partial charge in [-0.3, -0.25) is 4.79 Å². The number of hydrogen-bond acceptors (Lipinski definition) is 4. The minimum Gasteiger partial charge on any atom is -0.496 e. The fraction of sp³-hybridized carbons (Fsp3) is 0.357. The molecule has 1 rings (SSSR count). The molecule has 0 heterocycles. The maximum absolute atomic E-state index is 12.1. The second-order valence-corrected chi connectivity index (χ2v) is 4.05. The van der Waals surface area contributed by atoms with Crippen molar-refractivity contribution in [3.05, 3.63) is 29.8 Å². The van der Waals surface area contributed by atoms with E-state index in [-0.39, 0.29) is 5.91 Å². The van der Waals surface area contributed by atoms with Gasteiger partial charge in [-0.25, -0.2) is 0 Å². The topological polar surface area (TPSA) is 56.8 Å². The van der Waals surface area contributed by atoms with Crippen molar-refractivity contribution in [3.8, 4) is 17.2 Å². The van der Waals surface area contributed by atoms with E-state index in [9.17, 15) is 4.79 Å². The van der Waals surface area contributed by atoms with Crippen LogP contribution in [0.1, 0.15) is 17.3 Å². The van der Waals surface area contributed by atoms with Crippen molar-refractivity contribution in [1.82, 2.24) is 5.32 Å². The monoisotopic (exact) mass is 265 g/mol. The summed E-state index contributed by atoms with van der Waals surface area (Å²) in [5.74, 6) is 1.16. The maximum atomic E-state index is 12.1. The Hall–Kier alpha value is -2.17. The highest BCUT2D eigenvalue weighted by Crippen LogP contribution is 2.34. The minimum atomic E-state index is -0.249. The zero-order chi connectivity index (χ0) is 14.4. The van der Waals surface area contributed by atoms with Crippen LogP contribution in [0.2, 0.25) is 0 Å². The molecule has 1 amide bonds. The van der Waals surface area contributed by atoms with Crippen molar-refractivity contribution in [2.75, 3.05) is 27.9 Å². The van der Waals surface area contributed by atoms with E-state index < -0.39 is 0 Å². The summed E-state index contributed by atoms with van der Waals surface area (Å²) in [6.07, 6.45) is 0. The molecule has 104 valence electrons. The number of nitrogens with one attached hydrogen (secondary N) is 1. The zero-order valence-corrected chi connectivity index (χ0v) is 11.7. The summed E-state index contributed by atoms with van der Waals surface area (Å²) < 4.78 is 15.5. The SMILES string of the molecule is C=C(C)CNC(=O)c1cc(OC)c(OC)cc1OC. The molecule has 0 unspecified atom stereocenters. The lowest BCUT2D eigenvalue weighted by Crippen LogP contribution is -2.25. The quantitative estimate of drug-likeness (QED) is 0.799. The first-order chi connectivity index (χ1) is 9.03. The van der Waals surface area contributed by atoms with Gasteiger partial charge in [-0.2, -0.15) is 0 Å². The summed E-state index contributed by atoms with van der Waals surface area (Å²) in [6.45, 7) is 5.99. The van der Waals surface area contributed by atoms with Crippen molar-refractivity contribution in [2.24, 2.45) is 0 Å². The van der Waals surface area contributed by atoms with Crippen molar-refractivity contribution < 1.29 is 19.0 Å². The van der Waals surface area contributed by atoms with Crippen LogP contribution < -0.4 is 19.5 Å². The molecule has 0 saturated heterocycles. The van der Waals surface area contributed by atoms with Crippen LogP contribution in [0.4, 0.5) is 0 Å². The first-order valence-corrected chi connectivity index (χ1v) is 5.76. The van der Waals surface area contributed by atoms with E-state index in [2.05, 4.69) is 11.9 Å². The Morgan fingerprint density at radius 2 is 1.63 bits per heavy atom. The van der Waals surface area contributed by atoms with Crippen molar-refractivity contribution in [2.45, 2.75) is 6.92 Å². The Morgan fingerprint density at radius 1 is 1.11 bits per heavy atom. The van der Waals surface area contributed by atoms with Crippen LogP contribution in [-0.2, 0) is 0 Å². The van der Waals surface area contributed by atoms with Gasteiger partial charge in [0.15, 0.2) is 11.5 Å². The van der Waals surface area contributed by atoms with Crippen LogP contribution in [0.5, 0.6) is 17.2 Å². The highest BCUT2D eigenvalue weighted by atomic mass is 16.5. The van der Waals surface area contributed by atoms with Crippen molar-refractivity contribution in [3.63, 3.8) is 0 Å². The summed E-state index contributed by atoms with van der Waals surface area (Å²) in [7, 11) is 4.54. The first kappa shape index (κ1) is 14.9. The molecule has 0 bridgehead atoms. The standard InChI is InChI=1S/C14H19NO4/c1-9(2)8-15-14(16)10-6-12(18-4)13(19-5)7-11(10)17-3/h6-7H,1,8H2,2-5H3,(H,15,16). The highest BCUT2D eigenvalue weighted by Gasteiger charge is 2.17. The van der Waals surface area contributed by atoms with Crippen LogP contribution in [0.25, 0.3) is 0 Å². The Balaban J connectivity index is 3.10. The van der Waals surface area contributed by atoms with Crippen LogP contribution in [0, 0.1) is 0 Å². The van der Waals surface area contributed by atoms with Gasteiger partial charge >= 0.3 is 0 Å². The Kier molecular flexibility index (Phi) is 5.23. The second kappa shape index (κ2) is 6.68. The lowest BCUT2D eigenvalue weighted by atomic mass is 10.1. The Bertz CT molecular complexity index is 483. The fourth-order valence-electron chi connectivity index (χ4n) is 1.53. The van der Waals surface area contributed by atoms with Gasteiger partial charge in [-0.1, -0.05) is 12.2 Å². The minimum absolute atomic E-state index is 0.249. The van der Waals surface area contributed by atoms with Gasteiger partial charge in [0.2, 0.25) is 0 Å². The van der Waals surface area contributed by atoms with E-state index >= 15 is 0 Å². The number of ether oxygens (including phenoxy) is 3. The third kappa shape index (κ3) is 3.64. The Morgan fingerprint density at radius 3 is 2.11 bits per heavy atom. The molecule has 0 aliphatic heterocycles. The number of hydrogen-bond donors (Lipinski definition) is 1. The summed E-state index contributed by atoms with van der Waals surface area (Å²) in [5, 5.41) is 2.75. The summed E-state index contributed by atoms with van der Waals surface area (Å²) in [6, 6.07) is 3.21. The lowest BCUT2D eigenvalue weighted by molar-refractivity contribution is 0.0953. The normalized spacial score (nSPS) is 9.68. The van der Waals surface area contributed by atoms with Gasteiger partial charge in [0.05, 0.1) is 26.9 Å². The molecule has 19 heavy (non-hydrogen) atoms. The molecule has 0 aromatic heterocycles. The third-order valence-corrected chi connectivity index (χ3v) is 2.50. The maximum Gasteiger partial charge on any atom is 0.255 e. The molecule has 0 spiro atoms. The average Bonchev–Trinajstić information content (AvgIpc) is 2.42. The van der Waals surface area contributed by atoms with Crippen LogP contribution in [0.15, 0.2) is 24.3 Å². The average molecular weight is 265 g/mol. The Labute approximate surface area is 113 Å². The summed E-state index contributed by atoms with van der Waals surface area (Å²) in [4.78, 5) is 12.1. The largest absolute Gasteiger partial charge is 0.496 e. The number of rotatable bonds is 6. The lowest BCUT2D eigenvalue weighted by Gasteiger charge is -2.14. The van der Waals surface area contributed by atoms with Gasteiger partial charge in [0.25, 0.3) is 5.91 Å². The molecule has 1 aromatic carbocycles. The highest BCUT2D eigenvalue weighted by molar-refractivity contribution is 5.97. The first-order valence-electron chi connectivity index (χ1n) is 5.76. The van der Waals surface area contributed by atoms with E-state index in [1.807, 2.05) is 6.92 Å². The number of benzene rings is 1. The molecule has 0 atom stereocenters. The summed E-state index contributed by atoms with van der Waals surface area (Å²) >= 11 is 0. The smallest absolute Gasteiger partial charge is 0.255 e. The number of carbonyl (C=O) groups is 1. The van der Waals surface area contributed by atoms with Gasteiger partial charge in [-0.05, 0) is 6.92 Å². The molecule has 5 heteroatoms. The molecule has 1 N–H and O–H groups in total. The summed E-state index contributed by atoms with van der Waals surface area (Å²) in [5.41, 5.74) is 1.26. The molecule has 0 aliphatic rings. The number of amides is 1. The van der Waals surface area contributed by atoms with Crippen molar-refractivity contribution in [1.29, 1.82) is 0 Å². The zero-order valence-electron chi connectivity index (χ0n) is 11.7. The van der Waals surface area contributed by atoms with Gasteiger partial charge in [-0.15, -0.1) is 0 Å². The molecule has 0 fully saturated rings. The van der Waals surface area contributed by atoms with Crippen LogP contribution in [-0.4, -0.2) is 33.8 Å². The van der Waals surface area contributed by atoms with E-state index in [4.69, 9.17) is 14.2 Å². The predicted octanol–water partition coefficient (Wildman–Crippen LogP) is 2.02. The van der Waals surface area contributed by atoms with Crippen LogP contribution >= 0.6 is 0 Å². The molecular weight excluding hydrogens is 246 g/mol. The van der Waals surface area contributed by atoms with E-state index in [0.717, 1.165) is 5.57 Å². The second-order valence-electron chi connectivity index (χ2n) is 4.05. The van der Waals surface area contributed by atoms with E-state index in [1.54, 1.807) is 12.1 Å². The molecule has 0 saturated carbocycles. The molecule has 0 aliphatic carbocycles. The van der Waals surface area contributed by atoms with Gasteiger partial charge in [0, 0.05) is 18.7 Å². The van der Waals surface area contributed by atoms with E-state index in [0.29, 0.717) is 29.4 Å². The predicted molar refractivity (Wildman–Crippen MR) is 73.2 cm³/mol. The number of methoxy groups -OCH3 is 3. The van der Waals surface area contributed by atoms with Crippen LogP contribution in [0.3, 0.4) is 0 Å². The van der Waals surface area contributed by atoms with Crippen molar-refractivity contribution >= 4 is 5.91 Å². The molecule has 0 radical (unpaired) electrons. The molecular formula is C14H19NO4. The van der Waals surface area contributed by atoms with Gasteiger partial charge in [0.1, 0.15) is 5.75 Å². The third-order valence-electron chi connectivity index (χ3n) is 2.50. The van der Waals surface area contributed by atoms with E-state index in [1.165, 1.54) is 21.3 Å². The fourth-order valence-corrected chi connectivity index (χ4v) is 1.53. The molecule has 1 aromatic rings. The number of carbonyl (C=O) groups excluding carboxylic acids is 1. The molecule has 5 nitrogen and oxygen atoms in total.